The van der Waals surface area contributed by atoms with E-state index in [1.807, 2.05) is 18.2 Å². The monoisotopic (exact) mass is 478 g/mol. The molecule has 0 saturated carbocycles. The Labute approximate surface area is 184 Å². The third-order valence-electron chi connectivity index (χ3n) is 4.84. The lowest BCUT2D eigenvalue weighted by Gasteiger charge is -2.34. The van der Waals surface area contributed by atoms with Gasteiger partial charge in [-0.2, -0.15) is 0 Å². The molecule has 1 fully saturated rings. The molecule has 0 bridgehead atoms. The summed E-state index contributed by atoms with van der Waals surface area (Å²) in [5.74, 6) is -1.28. The number of amides is 2. The van der Waals surface area contributed by atoms with Crippen LogP contribution in [0.15, 0.2) is 53.0 Å². The highest BCUT2D eigenvalue weighted by molar-refractivity contribution is 9.10. The molecule has 2 amide bonds. The lowest BCUT2D eigenvalue weighted by Crippen LogP contribution is -2.48. The Bertz CT molecular complexity index is 839. The number of nitrogens with zero attached hydrogens (tertiary/aromatic N) is 2. The lowest BCUT2D eigenvalue weighted by molar-refractivity contribution is -0.136. The predicted octanol–water partition coefficient (Wildman–Crippen LogP) is 2.98. The quantitative estimate of drug-likeness (QED) is 0.625. The van der Waals surface area contributed by atoms with Gasteiger partial charge in [-0.05, 0) is 35.9 Å². The Morgan fingerprint density at radius 1 is 0.931 bits per heavy atom. The third kappa shape index (κ3) is 6.82. The van der Waals surface area contributed by atoms with Crippen molar-refractivity contribution in [2.24, 2.45) is 0 Å². The zero-order valence-electron chi connectivity index (χ0n) is 16.0. The number of carbonyl (C=O) groups excluding carboxylic acids is 2. The van der Waals surface area contributed by atoms with Gasteiger partial charge in [0.25, 0.3) is 0 Å². The number of hydrogen-bond acceptors (Lipinski definition) is 4. The maximum absolute atomic E-state index is 12.0. The molecule has 1 aliphatic heterocycles. The van der Waals surface area contributed by atoms with E-state index in [0.717, 1.165) is 54.3 Å². The summed E-state index contributed by atoms with van der Waals surface area (Å²) in [5, 5.41) is 6.08. The number of benzene rings is 2. The molecule has 0 radical (unpaired) electrons. The summed E-state index contributed by atoms with van der Waals surface area (Å²) < 4.78 is 0.909. The van der Waals surface area contributed by atoms with E-state index in [1.165, 1.54) is 0 Å². The van der Waals surface area contributed by atoms with E-state index in [2.05, 4.69) is 42.4 Å². The number of piperazine rings is 1. The van der Waals surface area contributed by atoms with Crippen LogP contribution in [0.4, 0.5) is 5.69 Å². The van der Waals surface area contributed by atoms with Gasteiger partial charge in [-0.15, -0.1) is 0 Å². The van der Waals surface area contributed by atoms with E-state index in [0.29, 0.717) is 12.2 Å². The first-order chi connectivity index (χ1) is 14.0. The van der Waals surface area contributed by atoms with E-state index in [-0.39, 0.29) is 0 Å². The van der Waals surface area contributed by atoms with Gasteiger partial charge in [-0.25, -0.2) is 0 Å². The summed E-state index contributed by atoms with van der Waals surface area (Å²) in [6.07, 6.45) is 0. The first-order valence-electron chi connectivity index (χ1n) is 9.54. The summed E-state index contributed by atoms with van der Waals surface area (Å²) in [5.41, 5.74) is 1.73. The Hall–Kier alpha value is -1.93. The van der Waals surface area contributed by atoms with Crippen molar-refractivity contribution in [1.82, 2.24) is 15.1 Å². The van der Waals surface area contributed by atoms with Crippen molar-refractivity contribution in [2.45, 2.75) is 6.54 Å². The molecule has 154 valence electrons. The molecule has 2 aromatic carbocycles. The second kappa shape index (κ2) is 10.7. The van der Waals surface area contributed by atoms with Gasteiger partial charge in [0.05, 0.1) is 0 Å². The van der Waals surface area contributed by atoms with Crippen molar-refractivity contribution in [1.29, 1.82) is 0 Å². The molecule has 2 N–H and O–H groups in total. The standard InChI is InChI=1S/C21H24BrClN4O2/c22-17-5-7-18(8-6-17)25-21(29)20(28)24-9-10-26-11-13-27(14-12-26)15-16-3-1-2-4-19(16)23/h1-8H,9-15H2,(H,24,28)(H,25,29). The van der Waals surface area contributed by atoms with Crippen LogP contribution in [0.25, 0.3) is 0 Å². The minimum atomic E-state index is -0.656. The fourth-order valence-electron chi connectivity index (χ4n) is 3.17. The molecule has 0 spiro atoms. The summed E-state index contributed by atoms with van der Waals surface area (Å²) in [6, 6.07) is 15.0. The van der Waals surface area contributed by atoms with Crippen LogP contribution >= 0.6 is 27.5 Å². The largest absolute Gasteiger partial charge is 0.347 e. The molecule has 8 heteroatoms. The van der Waals surface area contributed by atoms with Crippen LogP contribution < -0.4 is 10.6 Å². The lowest BCUT2D eigenvalue weighted by atomic mass is 10.2. The molecule has 0 unspecified atom stereocenters. The van der Waals surface area contributed by atoms with Crippen LogP contribution in [-0.2, 0) is 16.1 Å². The smallest absolute Gasteiger partial charge is 0.313 e. The fourth-order valence-corrected chi connectivity index (χ4v) is 3.63. The van der Waals surface area contributed by atoms with Crippen molar-refractivity contribution in [2.75, 3.05) is 44.6 Å². The average Bonchev–Trinajstić information content (AvgIpc) is 2.72. The van der Waals surface area contributed by atoms with Crippen molar-refractivity contribution in [3.63, 3.8) is 0 Å². The number of hydrogen-bond donors (Lipinski definition) is 2. The normalized spacial score (nSPS) is 15.1. The first kappa shape index (κ1) is 21.8. The highest BCUT2D eigenvalue weighted by Crippen LogP contribution is 2.18. The predicted molar refractivity (Wildman–Crippen MR) is 119 cm³/mol. The Morgan fingerprint density at radius 3 is 2.28 bits per heavy atom. The zero-order chi connectivity index (χ0) is 20.6. The number of rotatable bonds is 6. The number of anilines is 1. The molecule has 3 rings (SSSR count). The molecule has 29 heavy (non-hydrogen) atoms. The fraction of sp³-hybridized carbons (Fsp3) is 0.333. The number of nitrogens with one attached hydrogen (secondary N) is 2. The van der Waals surface area contributed by atoms with E-state index in [1.54, 1.807) is 24.3 Å². The highest BCUT2D eigenvalue weighted by atomic mass is 79.9. The molecule has 1 saturated heterocycles. The van der Waals surface area contributed by atoms with E-state index >= 15 is 0 Å². The second-order valence-electron chi connectivity index (χ2n) is 6.93. The number of carbonyl (C=O) groups is 2. The summed E-state index contributed by atoms with van der Waals surface area (Å²) in [6.45, 7) is 5.75. The minimum absolute atomic E-state index is 0.442. The van der Waals surface area contributed by atoms with Crippen LogP contribution in [0.3, 0.4) is 0 Å². The van der Waals surface area contributed by atoms with E-state index in [4.69, 9.17) is 11.6 Å². The van der Waals surface area contributed by atoms with Gasteiger partial charge < -0.3 is 10.6 Å². The Morgan fingerprint density at radius 2 is 1.59 bits per heavy atom. The van der Waals surface area contributed by atoms with Crippen molar-refractivity contribution in [3.05, 3.63) is 63.6 Å². The van der Waals surface area contributed by atoms with Gasteiger partial charge in [-0.3, -0.25) is 19.4 Å². The molecule has 6 nitrogen and oxygen atoms in total. The van der Waals surface area contributed by atoms with Gasteiger partial charge in [0.1, 0.15) is 0 Å². The maximum atomic E-state index is 12.0. The van der Waals surface area contributed by atoms with Gasteiger partial charge in [0.2, 0.25) is 0 Å². The summed E-state index contributed by atoms with van der Waals surface area (Å²) in [7, 11) is 0. The van der Waals surface area contributed by atoms with E-state index in [9.17, 15) is 9.59 Å². The van der Waals surface area contributed by atoms with Gasteiger partial charge in [-0.1, -0.05) is 45.7 Å². The number of halogens is 2. The molecular weight excluding hydrogens is 456 g/mol. The molecular formula is C21H24BrClN4O2. The van der Waals surface area contributed by atoms with Crippen LogP contribution in [0.5, 0.6) is 0 Å². The summed E-state index contributed by atoms with van der Waals surface area (Å²) >= 11 is 9.57. The van der Waals surface area contributed by atoms with Crippen LogP contribution in [-0.4, -0.2) is 60.9 Å². The SMILES string of the molecule is O=C(NCCN1CCN(Cc2ccccc2Cl)CC1)C(=O)Nc1ccc(Br)cc1. The Balaban J connectivity index is 1.34. The van der Waals surface area contributed by atoms with Crippen molar-refractivity contribution < 1.29 is 9.59 Å². The molecule has 1 aliphatic rings. The van der Waals surface area contributed by atoms with Crippen molar-refractivity contribution in [3.8, 4) is 0 Å². The average molecular weight is 480 g/mol. The first-order valence-corrected chi connectivity index (χ1v) is 10.7. The molecule has 2 aromatic rings. The second-order valence-corrected chi connectivity index (χ2v) is 8.25. The third-order valence-corrected chi connectivity index (χ3v) is 5.74. The molecule has 1 heterocycles. The van der Waals surface area contributed by atoms with Crippen LogP contribution in [0, 0.1) is 0 Å². The van der Waals surface area contributed by atoms with Crippen LogP contribution in [0.2, 0.25) is 5.02 Å². The Kier molecular flexibility index (Phi) is 8.06. The van der Waals surface area contributed by atoms with Gasteiger partial charge in [0.15, 0.2) is 0 Å². The van der Waals surface area contributed by atoms with Gasteiger partial charge in [0, 0.05) is 61.0 Å². The summed E-state index contributed by atoms with van der Waals surface area (Å²) in [4.78, 5) is 28.6. The van der Waals surface area contributed by atoms with Gasteiger partial charge >= 0.3 is 11.8 Å². The van der Waals surface area contributed by atoms with E-state index < -0.39 is 11.8 Å². The van der Waals surface area contributed by atoms with Crippen LogP contribution in [0.1, 0.15) is 5.56 Å². The molecule has 0 atom stereocenters. The molecule has 0 aromatic heterocycles. The minimum Gasteiger partial charge on any atom is -0.347 e. The maximum Gasteiger partial charge on any atom is 0.313 e. The topological polar surface area (TPSA) is 64.7 Å². The highest BCUT2D eigenvalue weighted by Gasteiger charge is 2.18. The van der Waals surface area contributed by atoms with Crippen molar-refractivity contribution >= 4 is 45.0 Å². The molecule has 0 aliphatic carbocycles. The zero-order valence-corrected chi connectivity index (χ0v) is 18.4.